The minimum absolute atomic E-state index is 0.268. The first kappa shape index (κ1) is 11.7. The van der Waals surface area contributed by atoms with Crippen molar-refractivity contribution < 1.29 is 9.59 Å². The fourth-order valence-electron chi connectivity index (χ4n) is 1.34. The van der Waals surface area contributed by atoms with E-state index < -0.39 is 5.91 Å². The first-order chi connectivity index (χ1) is 8.66. The number of primary amides is 1. The molecule has 2 aromatic rings. The number of benzene rings is 1. The minimum atomic E-state index is -0.510. The molecule has 3 N–H and O–H groups in total. The van der Waals surface area contributed by atoms with Crippen LogP contribution in [0.1, 0.15) is 20.8 Å². The van der Waals surface area contributed by atoms with E-state index in [-0.39, 0.29) is 11.6 Å². The number of anilines is 1. The lowest BCUT2D eigenvalue weighted by Crippen LogP contribution is -2.14. The van der Waals surface area contributed by atoms with Gasteiger partial charge in [-0.3, -0.25) is 9.59 Å². The van der Waals surface area contributed by atoms with Crippen molar-refractivity contribution in [2.45, 2.75) is 0 Å². The summed E-state index contributed by atoms with van der Waals surface area (Å²) in [4.78, 5) is 30.2. The molecule has 0 saturated carbocycles. The highest BCUT2D eigenvalue weighted by Crippen LogP contribution is 2.10. The van der Waals surface area contributed by atoms with Crippen molar-refractivity contribution in [2.75, 3.05) is 5.32 Å². The molecule has 2 amide bonds. The first-order valence-electron chi connectivity index (χ1n) is 5.14. The molecular formula is C12H10N4O2. The molecule has 0 unspecified atom stereocenters. The van der Waals surface area contributed by atoms with Crippen LogP contribution >= 0.6 is 0 Å². The number of hydrogen-bond acceptors (Lipinski definition) is 4. The van der Waals surface area contributed by atoms with Crippen molar-refractivity contribution in [3.8, 4) is 0 Å². The van der Waals surface area contributed by atoms with Crippen LogP contribution in [-0.2, 0) is 0 Å². The van der Waals surface area contributed by atoms with Crippen LogP contribution in [-0.4, -0.2) is 21.8 Å². The molecule has 0 spiro atoms. The number of nitrogens with two attached hydrogens (primary N) is 1. The number of nitrogens with one attached hydrogen (secondary N) is 1. The first-order valence-corrected chi connectivity index (χ1v) is 5.14. The van der Waals surface area contributed by atoms with E-state index in [2.05, 4.69) is 15.3 Å². The Morgan fingerprint density at radius 3 is 2.39 bits per heavy atom. The van der Waals surface area contributed by atoms with Crippen LogP contribution in [0, 0.1) is 0 Å². The lowest BCUT2D eigenvalue weighted by Gasteiger charge is -2.04. The van der Waals surface area contributed by atoms with Gasteiger partial charge in [0.2, 0.25) is 5.91 Å². The number of carbonyl (C=O) groups is 2. The lowest BCUT2D eigenvalue weighted by molar-refractivity contribution is 0.0998. The Labute approximate surface area is 103 Å². The van der Waals surface area contributed by atoms with Gasteiger partial charge in [0.15, 0.2) is 0 Å². The van der Waals surface area contributed by atoms with Crippen LogP contribution in [0.5, 0.6) is 0 Å². The van der Waals surface area contributed by atoms with Gasteiger partial charge in [0.1, 0.15) is 12.0 Å². The summed E-state index contributed by atoms with van der Waals surface area (Å²) in [6, 6.07) is 7.78. The van der Waals surface area contributed by atoms with Crippen molar-refractivity contribution in [3.05, 3.63) is 54.1 Å². The average Bonchev–Trinajstić information content (AvgIpc) is 2.40. The summed E-state index contributed by atoms with van der Waals surface area (Å²) in [5.74, 6) is -0.854. The molecule has 1 aromatic carbocycles. The summed E-state index contributed by atoms with van der Waals surface area (Å²) in [7, 11) is 0. The van der Waals surface area contributed by atoms with Gasteiger partial charge in [-0.15, -0.1) is 0 Å². The van der Waals surface area contributed by atoms with Crippen LogP contribution < -0.4 is 11.1 Å². The van der Waals surface area contributed by atoms with Gasteiger partial charge in [0, 0.05) is 17.4 Å². The van der Waals surface area contributed by atoms with E-state index in [1.54, 1.807) is 12.1 Å². The standard InChI is InChI=1S/C12H10N4O2/c13-11(17)8-1-3-9(4-2-8)16-12(18)10-5-6-14-7-15-10/h1-7H,(H2,13,17)(H,16,18). The molecule has 2 rings (SSSR count). The Balaban J connectivity index is 2.10. The number of hydrogen-bond donors (Lipinski definition) is 2. The third-order valence-corrected chi connectivity index (χ3v) is 2.24. The number of aromatic nitrogens is 2. The Bertz CT molecular complexity index is 566. The molecule has 1 aromatic heterocycles. The van der Waals surface area contributed by atoms with Gasteiger partial charge in [0.05, 0.1) is 0 Å². The highest BCUT2D eigenvalue weighted by molar-refractivity contribution is 6.03. The van der Waals surface area contributed by atoms with Crippen molar-refractivity contribution in [3.63, 3.8) is 0 Å². The van der Waals surface area contributed by atoms with Crippen LogP contribution in [0.25, 0.3) is 0 Å². The summed E-state index contributed by atoms with van der Waals surface area (Å²) >= 11 is 0. The van der Waals surface area contributed by atoms with Gasteiger partial charge in [-0.2, -0.15) is 0 Å². The molecule has 0 aliphatic heterocycles. The second-order valence-electron chi connectivity index (χ2n) is 3.49. The molecule has 6 nitrogen and oxygen atoms in total. The maximum Gasteiger partial charge on any atom is 0.274 e. The zero-order valence-corrected chi connectivity index (χ0v) is 9.33. The SMILES string of the molecule is NC(=O)c1ccc(NC(=O)c2ccncn2)cc1. The zero-order chi connectivity index (χ0) is 13.0. The molecule has 90 valence electrons. The Kier molecular flexibility index (Phi) is 3.29. The number of carbonyl (C=O) groups excluding carboxylic acids is 2. The van der Waals surface area contributed by atoms with Crippen molar-refractivity contribution in [1.82, 2.24) is 9.97 Å². The fraction of sp³-hybridized carbons (Fsp3) is 0. The highest BCUT2D eigenvalue weighted by atomic mass is 16.2. The van der Waals surface area contributed by atoms with E-state index in [4.69, 9.17) is 5.73 Å². The molecule has 0 aliphatic carbocycles. The maximum atomic E-state index is 11.7. The number of amides is 2. The van der Waals surface area contributed by atoms with Crippen molar-refractivity contribution >= 4 is 17.5 Å². The molecule has 0 fully saturated rings. The van der Waals surface area contributed by atoms with E-state index in [1.807, 2.05) is 0 Å². The number of rotatable bonds is 3. The topological polar surface area (TPSA) is 98.0 Å². The van der Waals surface area contributed by atoms with Crippen LogP contribution in [0.15, 0.2) is 42.9 Å². The average molecular weight is 242 g/mol. The van der Waals surface area contributed by atoms with Crippen molar-refractivity contribution in [2.24, 2.45) is 5.73 Å². The van der Waals surface area contributed by atoms with Gasteiger partial charge in [-0.1, -0.05) is 0 Å². The molecule has 0 saturated heterocycles. The molecular weight excluding hydrogens is 232 g/mol. The van der Waals surface area contributed by atoms with E-state index in [0.29, 0.717) is 11.3 Å². The third-order valence-electron chi connectivity index (χ3n) is 2.24. The molecule has 0 bridgehead atoms. The largest absolute Gasteiger partial charge is 0.366 e. The maximum absolute atomic E-state index is 11.7. The molecule has 18 heavy (non-hydrogen) atoms. The third kappa shape index (κ3) is 2.67. The Morgan fingerprint density at radius 2 is 1.83 bits per heavy atom. The predicted molar refractivity (Wildman–Crippen MR) is 64.9 cm³/mol. The summed E-state index contributed by atoms with van der Waals surface area (Å²) < 4.78 is 0. The fourth-order valence-corrected chi connectivity index (χ4v) is 1.34. The summed E-state index contributed by atoms with van der Waals surface area (Å²) in [5, 5.41) is 2.64. The van der Waals surface area contributed by atoms with Crippen molar-refractivity contribution in [1.29, 1.82) is 0 Å². The van der Waals surface area contributed by atoms with E-state index in [9.17, 15) is 9.59 Å². The van der Waals surface area contributed by atoms with Gasteiger partial charge in [0.25, 0.3) is 5.91 Å². The van der Waals surface area contributed by atoms with Crippen LogP contribution in [0.3, 0.4) is 0 Å². The predicted octanol–water partition coefficient (Wildman–Crippen LogP) is 0.828. The molecule has 6 heteroatoms. The van der Waals surface area contributed by atoms with E-state index in [0.717, 1.165) is 0 Å². The Hall–Kier alpha value is -2.76. The Morgan fingerprint density at radius 1 is 1.11 bits per heavy atom. The van der Waals surface area contributed by atoms with Gasteiger partial charge in [-0.25, -0.2) is 9.97 Å². The molecule has 0 radical (unpaired) electrons. The summed E-state index contributed by atoms with van der Waals surface area (Å²) in [6.07, 6.45) is 2.78. The van der Waals surface area contributed by atoms with E-state index >= 15 is 0 Å². The zero-order valence-electron chi connectivity index (χ0n) is 9.33. The summed E-state index contributed by atoms with van der Waals surface area (Å²) in [5.41, 5.74) is 6.32. The quantitative estimate of drug-likeness (QED) is 0.832. The number of nitrogens with zero attached hydrogens (tertiary/aromatic N) is 2. The second-order valence-corrected chi connectivity index (χ2v) is 3.49. The monoisotopic (exact) mass is 242 g/mol. The smallest absolute Gasteiger partial charge is 0.274 e. The van der Waals surface area contributed by atoms with Gasteiger partial charge < -0.3 is 11.1 Å². The molecule has 0 atom stereocenters. The summed E-state index contributed by atoms with van der Waals surface area (Å²) in [6.45, 7) is 0. The van der Waals surface area contributed by atoms with Gasteiger partial charge >= 0.3 is 0 Å². The van der Waals surface area contributed by atoms with E-state index in [1.165, 1.54) is 30.7 Å². The minimum Gasteiger partial charge on any atom is -0.366 e. The molecule has 0 aliphatic rings. The van der Waals surface area contributed by atoms with Gasteiger partial charge in [-0.05, 0) is 30.3 Å². The molecule has 1 heterocycles. The highest BCUT2D eigenvalue weighted by Gasteiger charge is 2.07. The van der Waals surface area contributed by atoms with Crippen LogP contribution in [0.2, 0.25) is 0 Å². The lowest BCUT2D eigenvalue weighted by atomic mass is 10.2. The van der Waals surface area contributed by atoms with Crippen LogP contribution in [0.4, 0.5) is 5.69 Å². The second kappa shape index (κ2) is 5.05. The normalized spacial score (nSPS) is 9.78.